The van der Waals surface area contributed by atoms with Crippen molar-refractivity contribution >= 4 is 31.6 Å². The number of benzene rings is 2. The average Bonchev–Trinajstić information content (AvgIpc) is 2.43. The van der Waals surface area contributed by atoms with Gasteiger partial charge in [0.25, 0.3) is 10.0 Å². The lowest BCUT2D eigenvalue weighted by atomic mass is 10.1. The van der Waals surface area contributed by atoms with Gasteiger partial charge in [-0.15, -0.1) is 0 Å². The fourth-order valence-corrected chi connectivity index (χ4v) is 3.02. The number of nitrogens with one attached hydrogen (secondary N) is 1. The second kappa shape index (κ2) is 6.13. The van der Waals surface area contributed by atoms with Crippen molar-refractivity contribution < 1.29 is 12.8 Å². The molecule has 0 aromatic heterocycles. The first-order chi connectivity index (χ1) is 9.79. The number of halogens is 2. The van der Waals surface area contributed by atoms with Gasteiger partial charge in [-0.2, -0.15) is 0 Å². The molecule has 0 heterocycles. The standard InChI is InChI=1S/C14H14BrFN2O2S/c1-9(17)10-2-5-12(6-3-10)21(19,20)18-11-4-7-13(15)14(16)8-11/h2-9,18H,17H2,1H3. The van der Waals surface area contributed by atoms with E-state index in [1.165, 1.54) is 24.3 Å². The van der Waals surface area contributed by atoms with Crippen LogP contribution in [0.1, 0.15) is 18.5 Å². The van der Waals surface area contributed by atoms with Crippen LogP contribution in [0, 0.1) is 5.82 Å². The molecule has 4 nitrogen and oxygen atoms in total. The summed E-state index contributed by atoms with van der Waals surface area (Å²) in [5.41, 5.74) is 6.71. The summed E-state index contributed by atoms with van der Waals surface area (Å²) < 4.78 is 40.4. The third kappa shape index (κ3) is 3.81. The van der Waals surface area contributed by atoms with Gasteiger partial charge in [-0.05, 0) is 58.7 Å². The molecule has 3 N–H and O–H groups in total. The number of sulfonamides is 1. The van der Waals surface area contributed by atoms with E-state index in [-0.39, 0.29) is 21.1 Å². The van der Waals surface area contributed by atoms with Gasteiger partial charge in [0.05, 0.1) is 15.1 Å². The first-order valence-electron chi connectivity index (χ1n) is 6.13. The minimum absolute atomic E-state index is 0.0928. The van der Waals surface area contributed by atoms with E-state index in [0.717, 1.165) is 11.6 Å². The molecule has 2 rings (SSSR count). The Bertz CT molecular complexity index is 746. The van der Waals surface area contributed by atoms with Gasteiger partial charge >= 0.3 is 0 Å². The maximum atomic E-state index is 13.4. The number of anilines is 1. The van der Waals surface area contributed by atoms with Crippen molar-refractivity contribution in [3.05, 3.63) is 58.3 Å². The molecule has 112 valence electrons. The van der Waals surface area contributed by atoms with Crippen LogP contribution < -0.4 is 10.5 Å². The van der Waals surface area contributed by atoms with Crippen LogP contribution in [0.4, 0.5) is 10.1 Å². The van der Waals surface area contributed by atoms with Crippen molar-refractivity contribution in [1.29, 1.82) is 0 Å². The first-order valence-corrected chi connectivity index (χ1v) is 8.40. The van der Waals surface area contributed by atoms with Crippen LogP contribution in [-0.2, 0) is 10.0 Å². The first kappa shape index (κ1) is 15.9. The van der Waals surface area contributed by atoms with Crippen LogP contribution >= 0.6 is 15.9 Å². The molecule has 1 atom stereocenters. The lowest BCUT2D eigenvalue weighted by molar-refractivity contribution is 0.601. The summed E-state index contributed by atoms with van der Waals surface area (Å²) in [6.45, 7) is 1.81. The second-order valence-corrected chi connectivity index (χ2v) is 7.13. The van der Waals surface area contributed by atoms with Gasteiger partial charge < -0.3 is 5.73 Å². The molecular formula is C14H14BrFN2O2S. The molecule has 0 saturated carbocycles. The van der Waals surface area contributed by atoms with E-state index in [1.807, 2.05) is 6.92 Å². The zero-order valence-electron chi connectivity index (χ0n) is 11.2. The van der Waals surface area contributed by atoms with Gasteiger partial charge in [0.15, 0.2) is 0 Å². The highest BCUT2D eigenvalue weighted by Crippen LogP contribution is 2.22. The molecule has 0 amide bonds. The highest BCUT2D eigenvalue weighted by atomic mass is 79.9. The van der Waals surface area contributed by atoms with E-state index in [4.69, 9.17) is 5.73 Å². The van der Waals surface area contributed by atoms with E-state index in [2.05, 4.69) is 20.7 Å². The monoisotopic (exact) mass is 372 g/mol. The summed E-state index contributed by atoms with van der Waals surface area (Å²) in [6, 6.07) is 10.1. The maximum Gasteiger partial charge on any atom is 0.261 e. The number of nitrogens with two attached hydrogens (primary N) is 1. The molecule has 0 radical (unpaired) electrons. The van der Waals surface area contributed by atoms with Crippen LogP contribution in [0.15, 0.2) is 51.8 Å². The molecule has 1 unspecified atom stereocenters. The van der Waals surface area contributed by atoms with Gasteiger partial charge in [0.2, 0.25) is 0 Å². The maximum absolute atomic E-state index is 13.4. The zero-order chi connectivity index (χ0) is 15.6. The number of hydrogen-bond acceptors (Lipinski definition) is 3. The van der Waals surface area contributed by atoms with Crippen molar-refractivity contribution in [2.24, 2.45) is 5.73 Å². The Morgan fingerprint density at radius 3 is 2.33 bits per heavy atom. The fraction of sp³-hybridized carbons (Fsp3) is 0.143. The van der Waals surface area contributed by atoms with Crippen molar-refractivity contribution in [3.63, 3.8) is 0 Å². The molecular weight excluding hydrogens is 359 g/mol. The summed E-state index contributed by atoms with van der Waals surface area (Å²) in [6.07, 6.45) is 0. The quantitative estimate of drug-likeness (QED) is 0.863. The normalized spacial score (nSPS) is 13.0. The van der Waals surface area contributed by atoms with Crippen molar-refractivity contribution in [1.82, 2.24) is 0 Å². The van der Waals surface area contributed by atoms with Crippen molar-refractivity contribution in [3.8, 4) is 0 Å². The molecule has 0 fully saturated rings. The summed E-state index contributed by atoms with van der Waals surface area (Å²) in [4.78, 5) is 0.0928. The van der Waals surface area contributed by atoms with Crippen molar-refractivity contribution in [2.45, 2.75) is 17.9 Å². The SMILES string of the molecule is CC(N)c1ccc(S(=O)(=O)Nc2ccc(Br)c(F)c2)cc1. The number of rotatable bonds is 4. The molecule has 0 bridgehead atoms. The Morgan fingerprint density at radius 1 is 1.19 bits per heavy atom. The summed E-state index contributed by atoms with van der Waals surface area (Å²) in [5, 5.41) is 0. The van der Waals surface area contributed by atoms with Crippen LogP contribution in [0.3, 0.4) is 0 Å². The minimum atomic E-state index is -3.76. The van der Waals surface area contributed by atoms with E-state index in [1.54, 1.807) is 12.1 Å². The van der Waals surface area contributed by atoms with Gasteiger partial charge in [0, 0.05) is 6.04 Å². The van der Waals surface area contributed by atoms with Gasteiger partial charge in [-0.3, -0.25) is 4.72 Å². The Kier molecular flexibility index (Phi) is 4.65. The van der Waals surface area contributed by atoms with Crippen molar-refractivity contribution in [2.75, 3.05) is 4.72 Å². The zero-order valence-corrected chi connectivity index (χ0v) is 13.6. The Balaban J connectivity index is 2.27. The predicted molar refractivity (Wildman–Crippen MR) is 84.0 cm³/mol. The topological polar surface area (TPSA) is 72.2 Å². The molecule has 2 aromatic rings. The third-order valence-corrected chi connectivity index (χ3v) is 4.93. The smallest absolute Gasteiger partial charge is 0.261 e. The molecule has 0 spiro atoms. The molecule has 7 heteroatoms. The average molecular weight is 373 g/mol. The fourth-order valence-electron chi connectivity index (χ4n) is 1.72. The predicted octanol–water partition coefficient (Wildman–Crippen LogP) is 3.41. The molecule has 0 aliphatic carbocycles. The largest absolute Gasteiger partial charge is 0.324 e. The Hall–Kier alpha value is -1.44. The third-order valence-electron chi connectivity index (χ3n) is 2.89. The minimum Gasteiger partial charge on any atom is -0.324 e. The summed E-state index contributed by atoms with van der Waals surface area (Å²) >= 11 is 3.01. The molecule has 0 saturated heterocycles. The van der Waals surface area contributed by atoms with Crippen LogP contribution in [0.25, 0.3) is 0 Å². The van der Waals surface area contributed by atoms with Crippen LogP contribution in [-0.4, -0.2) is 8.42 Å². The molecule has 0 aliphatic rings. The van der Waals surface area contributed by atoms with Gasteiger partial charge in [0.1, 0.15) is 5.82 Å². The summed E-state index contributed by atoms with van der Waals surface area (Å²) in [7, 11) is -3.76. The Labute approximate surface area is 131 Å². The molecule has 21 heavy (non-hydrogen) atoms. The van der Waals surface area contributed by atoms with Gasteiger partial charge in [-0.1, -0.05) is 12.1 Å². The lowest BCUT2D eigenvalue weighted by Crippen LogP contribution is -2.13. The van der Waals surface area contributed by atoms with E-state index in [0.29, 0.717) is 0 Å². The summed E-state index contributed by atoms with van der Waals surface area (Å²) in [5.74, 6) is -0.539. The van der Waals surface area contributed by atoms with Crippen LogP contribution in [0.5, 0.6) is 0 Å². The van der Waals surface area contributed by atoms with Crippen LogP contribution in [0.2, 0.25) is 0 Å². The molecule has 2 aromatic carbocycles. The lowest BCUT2D eigenvalue weighted by Gasteiger charge is -2.10. The van der Waals surface area contributed by atoms with E-state index >= 15 is 0 Å². The highest BCUT2D eigenvalue weighted by Gasteiger charge is 2.15. The molecule has 0 aliphatic heterocycles. The van der Waals surface area contributed by atoms with E-state index < -0.39 is 15.8 Å². The highest BCUT2D eigenvalue weighted by molar-refractivity contribution is 9.10. The second-order valence-electron chi connectivity index (χ2n) is 4.59. The van der Waals surface area contributed by atoms with E-state index in [9.17, 15) is 12.8 Å². The van der Waals surface area contributed by atoms with Gasteiger partial charge in [-0.25, -0.2) is 12.8 Å². The Morgan fingerprint density at radius 2 is 1.81 bits per heavy atom. The number of hydrogen-bond donors (Lipinski definition) is 2.